The van der Waals surface area contributed by atoms with Gasteiger partial charge in [-0.3, -0.25) is 0 Å². The molecule has 9 heteroatoms. The van der Waals surface area contributed by atoms with E-state index in [4.69, 9.17) is 14.2 Å². The number of alkyl halides is 3. The first-order chi connectivity index (χ1) is 14.2. The van der Waals surface area contributed by atoms with E-state index in [0.29, 0.717) is 18.7 Å². The summed E-state index contributed by atoms with van der Waals surface area (Å²) in [7, 11) is 2.40. The minimum Gasteiger partial charge on any atom is -0.466 e. The molecule has 2 aliphatic heterocycles. The van der Waals surface area contributed by atoms with Crippen LogP contribution in [0.1, 0.15) is 29.9 Å². The van der Waals surface area contributed by atoms with Crippen LogP contribution in [0.2, 0.25) is 0 Å². The minimum absolute atomic E-state index is 0.0575. The lowest BCUT2D eigenvalue weighted by molar-refractivity contribution is -0.138. The first-order valence-corrected chi connectivity index (χ1v) is 9.39. The molecule has 1 saturated heterocycles. The van der Waals surface area contributed by atoms with Gasteiger partial charge in [0.2, 0.25) is 0 Å². The average Bonchev–Trinajstić information content (AvgIpc) is 3.24. The number of rotatable bonds is 5. The summed E-state index contributed by atoms with van der Waals surface area (Å²) in [6.07, 6.45) is 0.309. The van der Waals surface area contributed by atoms with Gasteiger partial charge in [-0.1, -0.05) is 12.1 Å². The van der Waals surface area contributed by atoms with E-state index in [-0.39, 0.29) is 17.3 Å². The van der Waals surface area contributed by atoms with Crippen molar-refractivity contribution in [3.8, 4) is 0 Å². The van der Waals surface area contributed by atoms with Gasteiger partial charge >= 0.3 is 18.1 Å². The summed E-state index contributed by atoms with van der Waals surface area (Å²) in [5.41, 5.74) is -0.237. The Morgan fingerprint density at radius 1 is 1.07 bits per heavy atom. The third kappa shape index (κ3) is 4.67. The molecule has 0 saturated carbocycles. The van der Waals surface area contributed by atoms with Crippen LogP contribution in [-0.4, -0.2) is 50.3 Å². The largest absolute Gasteiger partial charge is 0.466 e. The zero-order chi connectivity index (χ0) is 21.9. The fraction of sp³-hybridized carbons (Fsp3) is 0.429. The molecule has 2 aliphatic rings. The van der Waals surface area contributed by atoms with Crippen molar-refractivity contribution in [3.63, 3.8) is 0 Å². The van der Waals surface area contributed by atoms with Gasteiger partial charge in [-0.15, -0.1) is 0 Å². The van der Waals surface area contributed by atoms with Crippen molar-refractivity contribution in [3.05, 3.63) is 58.9 Å². The molecule has 0 unspecified atom stereocenters. The highest BCUT2D eigenvalue weighted by molar-refractivity contribution is 5.98. The molecule has 0 spiro atoms. The summed E-state index contributed by atoms with van der Waals surface area (Å²) in [5, 5.41) is 0. The number of nitrogens with zero attached hydrogens (tertiary/aromatic N) is 1. The molecule has 1 fully saturated rings. The monoisotopic (exact) mass is 425 g/mol. The minimum atomic E-state index is -4.49. The second-order valence-electron chi connectivity index (χ2n) is 7.04. The van der Waals surface area contributed by atoms with Crippen LogP contribution in [-0.2, 0) is 30.0 Å². The van der Waals surface area contributed by atoms with Crippen molar-refractivity contribution in [1.29, 1.82) is 0 Å². The molecule has 3 rings (SSSR count). The maximum absolute atomic E-state index is 12.9. The molecule has 0 aliphatic carbocycles. The number of hydrogen-bond donors (Lipinski definition) is 0. The van der Waals surface area contributed by atoms with E-state index in [9.17, 15) is 22.8 Å². The lowest BCUT2D eigenvalue weighted by atomic mass is 9.83. The third-order valence-corrected chi connectivity index (χ3v) is 5.08. The molecule has 0 aromatic heterocycles. The zero-order valence-corrected chi connectivity index (χ0v) is 16.6. The van der Waals surface area contributed by atoms with Crippen molar-refractivity contribution >= 4 is 11.9 Å². The number of methoxy groups -OCH3 is 2. The van der Waals surface area contributed by atoms with Crippen LogP contribution >= 0.6 is 0 Å². The quantitative estimate of drug-likeness (QED) is 0.674. The maximum Gasteiger partial charge on any atom is 0.416 e. The fourth-order valence-electron chi connectivity index (χ4n) is 3.64. The summed E-state index contributed by atoms with van der Waals surface area (Å²) < 4.78 is 54.2. The highest BCUT2D eigenvalue weighted by Crippen LogP contribution is 2.38. The molecule has 1 aromatic rings. The van der Waals surface area contributed by atoms with E-state index in [2.05, 4.69) is 0 Å². The normalized spacial score (nSPS) is 19.9. The smallest absolute Gasteiger partial charge is 0.416 e. The van der Waals surface area contributed by atoms with Gasteiger partial charge < -0.3 is 19.1 Å². The van der Waals surface area contributed by atoms with Gasteiger partial charge in [0.1, 0.15) is 0 Å². The lowest BCUT2D eigenvalue weighted by Crippen LogP contribution is -2.32. The van der Waals surface area contributed by atoms with E-state index in [1.165, 1.54) is 26.4 Å². The van der Waals surface area contributed by atoms with Crippen molar-refractivity contribution < 1.29 is 37.0 Å². The Kier molecular flexibility index (Phi) is 6.50. The van der Waals surface area contributed by atoms with Crippen LogP contribution in [0.4, 0.5) is 13.2 Å². The van der Waals surface area contributed by atoms with Gasteiger partial charge in [0.25, 0.3) is 0 Å². The van der Waals surface area contributed by atoms with E-state index in [1.54, 1.807) is 17.3 Å². The molecular formula is C21H22F3NO5. The molecule has 6 nitrogen and oxygen atoms in total. The Morgan fingerprint density at radius 2 is 1.63 bits per heavy atom. The van der Waals surface area contributed by atoms with Gasteiger partial charge in [0.15, 0.2) is 0 Å². The van der Waals surface area contributed by atoms with E-state index < -0.39 is 29.6 Å². The second kappa shape index (κ2) is 8.91. The first-order valence-electron chi connectivity index (χ1n) is 9.39. The predicted octanol–water partition coefficient (Wildman–Crippen LogP) is 3.40. The number of halogens is 3. The van der Waals surface area contributed by atoms with Crippen molar-refractivity contribution in [2.45, 2.75) is 31.0 Å². The zero-order valence-electron chi connectivity index (χ0n) is 16.6. The Hall–Kier alpha value is -2.81. The molecule has 30 heavy (non-hydrogen) atoms. The summed E-state index contributed by atoms with van der Waals surface area (Å²) in [6, 6.07) is 4.32. The van der Waals surface area contributed by atoms with Gasteiger partial charge in [-0.2, -0.15) is 13.2 Å². The fourth-order valence-corrected chi connectivity index (χ4v) is 3.64. The number of carbonyl (C=O) groups excluding carboxylic acids is 2. The van der Waals surface area contributed by atoms with Crippen LogP contribution in [0.5, 0.6) is 0 Å². The Bertz CT molecular complexity index is 820. The van der Waals surface area contributed by atoms with Gasteiger partial charge in [0.05, 0.1) is 43.0 Å². The van der Waals surface area contributed by atoms with Crippen molar-refractivity contribution in [2.75, 3.05) is 27.4 Å². The molecule has 1 atom stereocenters. The van der Waals surface area contributed by atoms with E-state index in [0.717, 1.165) is 25.0 Å². The summed E-state index contributed by atoms with van der Waals surface area (Å²) in [5.74, 6) is -2.30. The van der Waals surface area contributed by atoms with Crippen molar-refractivity contribution in [2.24, 2.45) is 0 Å². The maximum atomic E-state index is 12.9. The van der Waals surface area contributed by atoms with Crippen LogP contribution in [0.15, 0.2) is 47.8 Å². The number of benzene rings is 1. The summed E-state index contributed by atoms with van der Waals surface area (Å²) >= 11 is 0. The van der Waals surface area contributed by atoms with Gasteiger partial charge in [0, 0.05) is 25.6 Å². The lowest BCUT2D eigenvalue weighted by Gasteiger charge is -2.31. The molecule has 0 amide bonds. The van der Waals surface area contributed by atoms with Crippen LogP contribution < -0.4 is 0 Å². The summed E-state index contributed by atoms with van der Waals surface area (Å²) in [4.78, 5) is 26.7. The molecule has 2 heterocycles. The Balaban J connectivity index is 2.01. The van der Waals surface area contributed by atoms with Crippen LogP contribution in [0.25, 0.3) is 0 Å². The molecule has 1 aromatic carbocycles. The molecule has 162 valence electrons. The molecular weight excluding hydrogens is 403 g/mol. The SMILES string of the molecule is COC(=O)C1=CN(C[C@@H]2CCCO2)C=C(C(=O)OC)C1c1ccc(C(F)(F)F)cc1. The molecule has 0 radical (unpaired) electrons. The second-order valence-corrected chi connectivity index (χ2v) is 7.04. The standard InChI is InChI=1S/C21H22F3NO5/c1-28-19(26)16-11-25(10-15-4-3-9-30-15)12-17(20(27)29-2)18(16)13-5-7-14(8-6-13)21(22,23)24/h5-8,11-12,15,18H,3-4,9-10H2,1-2H3/t15-/m0/s1. The van der Waals surface area contributed by atoms with Gasteiger partial charge in [-0.05, 0) is 30.5 Å². The number of hydrogen-bond acceptors (Lipinski definition) is 6. The highest BCUT2D eigenvalue weighted by atomic mass is 19.4. The number of esters is 2. The van der Waals surface area contributed by atoms with E-state index >= 15 is 0 Å². The highest BCUT2D eigenvalue weighted by Gasteiger charge is 2.37. The Morgan fingerprint density at radius 3 is 2.07 bits per heavy atom. The van der Waals surface area contributed by atoms with Gasteiger partial charge in [-0.25, -0.2) is 9.59 Å². The average molecular weight is 425 g/mol. The number of ether oxygens (including phenoxy) is 3. The van der Waals surface area contributed by atoms with Crippen molar-refractivity contribution in [1.82, 2.24) is 4.90 Å². The molecule has 0 N–H and O–H groups in total. The number of carbonyl (C=O) groups is 2. The van der Waals surface area contributed by atoms with Crippen LogP contribution in [0, 0.1) is 0 Å². The molecule has 0 bridgehead atoms. The Labute approximate surface area is 171 Å². The van der Waals surface area contributed by atoms with Crippen LogP contribution in [0.3, 0.4) is 0 Å². The topological polar surface area (TPSA) is 65.1 Å². The van der Waals surface area contributed by atoms with E-state index in [1.807, 2.05) is 0 Å². The predicted molar refractivity (Wildman–Crippen MR) is 100 cm³/mol. The third-order valence-electron chi connectivity index (χ3n) is 5.08. The summed E-state index contributed by atoms with van der Waals surface area (Å²) in [6.45, 7) is 1.06. The first kappa shape index (κ1) is 21.9.